The Balaban J connectivity index is 2.03. The average Bonchev–Trinajstić information content (AvgIpc) is 2.96. The van der Waals surface area contributed by atoms with Crippen LogP contribution in [-0.2, 0) is 9.16 Å². The predicted molar refractivity (Wildman–Crippen MR) is 79.8 cm³/mol. The maximum atomic E-state index is 9.29. The van der Waals surface area contributed by atoms with E-state index in [9.17, 15) is 5.11 Å². The molecular weight excluding hydrogens is 256 g/mol. The van der Waals surface area contributed by atoms with Crippen molar-refractivity contribution in [1.82, 2.24) is 0 Å². The molecular formula is C15H28O3Si. The van der Waals surface area contributed by atoms with Gasteiger partial charge < -0.3 is 14.3 Å². The van der Waals surface area contributed by atoms with Gasteiger partial charge in [0.25, 0.3) is 0 Å². The summed E-state index contributed by atoms with van der Waals surface area (Å²) in [5.41, 5.74) is 0.863. The number of aliphatic hydroxyl groups excluding tert-OH is 1. The van der Waals surface area contributed by atoms with E-state index >= 15 is 0 Å². The number of hydrogen-bond donors (Lipinski definition) is 1. The van der Waals surface area contributed by atoms with E-state index in [0.29, 0.717) is 0 Å². The SMILES string of the molecule is C=C1CC[C@H](O[Si](C)(C)C(C)(C)C)C[C@@]12O[C@H]2CO. The van der Waals surface area contributed by atoms with Gasteiger partial charge >= 0.3 is 0 Å². The van der Waals surface area contributed by atoms with Crippen molar-refractivity contribution in [3.05, 3.63) is 12.2 Å². The fourth-order valence-electron chi connectivity index (χ4n) is 2.72. The first-order valence-corrected chi connectivity index (χ1v) is 10.2. The summed E-state index contributed by atoms with van der Waals surface area (Å²) in [5, 5.41) is 9.52. The van der Waals surface area contributed by atoms with Crippen LogP contribution in [0.15, 0.2) is 12.2 Å². The van der Waals surface area contributed by atoms with Crippen molar-refractivity contribution in [3.63, 3.8) is 0 Å². The lowest BCUT2D eigenvalue weighted by atomic mass is 9.81. The zero-order valence-electron chi connectivity index (χ0n) is 13.0. The first-order chi connectivity index (χ1) is 8.62. The highest BCUT2D eigenvalue weighted by atomic mass is 28.4. The molecule has 3 atom stereocenters. The molecule has 2 rings (SSSR count). The molecule has 0 aromatic rings. The zero-order chi connectivity index (χ0) is 14.5. The molecule has 2 aliphatic rings. The van der Waals surface area contributed by atoms with E-state index in [2.05, 4.69) is 40.4 Å². The zero-order valence-corrected chi connectivity index (χ0v) is 14.0. The molecule has 4 heteroatoms. The van der Waals surface area contributed by atoms with Crippen LogP contribution in [0.4, 0.5) is 0 Å². The number of epoxide rings is 1. The fraction of sp³-hybridized carbons (Fsp3) is 0.867. The third kappa shape index (κ3) is 2.68. The highest BCUT2D eigenvalue weighted by Gasteiger charge is 2.60. The molecule has 1 spiro atoms. The van der Waals surface area contributed by atoms with Crippen LogP contribution in [0, 0.1) is 0 Å². The normalized spacial score (nSPS) is 35.8. The van der Waals surface area contributed by atoms with Gasteiger partial charge in [0.15, 0.2) is 8.32 Å². The van der Waals surface area contributed by atoms with Gasteiger partial charge in [-0.2, -0.15) is 0 Å². The molecule has 0 unspecified atom stereocenters. The van der Waals surface area contributed by atoms with Crippen molar-refractivity contribution >= 4 is 8.32 Å². The summed E-state index contributed by atoms with van der Waals surface area (Å²) in [6.07, 6.45) is 3.06. The molecule has 2 fully saturated rings. The molecule has 3 nitrogen and oxygen atoms in total. The van der Waals surface area contributed by atoms with Crippen LogP contribution < -0.4 is 0 Å². The summed E-state index contributed by atoms with van der Waals surface area (Å²) < 4.78 is 12.2. The van der Waals surface area contributed by atoms with Gasteiger partial charge in [0.1, 0.15) is 11.7 Å². The van der Waals surface area contributed by atoms with Crippen molar-refractivity contribution < 1.29 is 14.3 Å². The number of aliphatic hydroxyl groups is 1. The molecule has 1 aliphatic heterocycles. The van der Waals surface area contributed by atoms with Crippen LogP contribution >= 0.6 is 0 Å². The predicted octanol–water partition coefficient (Wildman–Crippen LogP) is 3.25. The summed E-state index contributed by atoms with van der Waals surface area (Å²) in [4.78, 5) is 0. The Hall–Kier alpha value is -0.163. The van der Waals surface area contributed by atoms with E-state index in [4.69, 9.17) is 9.16 Å². The van der Waals surface area contributed by atoms with Gasteiger partial charge in [0, 0.05) is 12.5 Å². The third-order valence-electron chi connectivity index (χ3n) is 5.15. The molecule has 1 saturated heterocycles. The van der Waals surface area contributed by atoms with Crippen LogP contribution in [0.3, 0.4) is 0 Å². The van der Waals surface area contributed by atoms with Gasteiger partial charge in [0.2, 0.25) is 0 Å². The Morgan fingerprint density at radius 2 is 2.11 bits per heavy atom. The molecule has 0 radical (unpaired) electrons. The van der Waals surface area contributed by atoms with E-state index in [0.717, 1.165) is 24.8 Å². The Morgan fingerprint density at radius 3 is 2.58 bits per heavy atom. The Morgan fingerprint density at radius 1 is 1.47 bits per heavy atom. The van der Waals surface area contributed by atoms with Crippen molar-refractivity contribution in [1.29, 1.82) is 0 Å². The molecule has 0 aromatic heterocycles. The monoisotopic (exact) mass is 284 g/mol. The number of hydrogen-bond acceptors (Lipinski definition) is 3. The van der Waals surface area contributed by atoms with Gasteiger partial charge in [-0.25, -0.2) is 0 Å². The van der Waals surface area contributed by atoms with Crippen LogP contribution in [-0.4, -0.2) is 37.8 Å². The van der Waals surface area contributed by atoms with E-state index in [1.165, 1.54) is 0 Å². The molecule has 1 N–H and O–H groups in total. The number of rotatable bonds is 3. The minimum Gasteiger partial charge on any atom is -0.414 e. The minimum atomic E-state index is -1.73. The molecule has 19 heavy (non-hydrogen) atoms. The van der Waals surface area contributed by atoms with E-state index in [1.54, 1.807) is 0 Å². The number of ether oxygens (including phenoxy) is 1. The third-order valence-corrected chi connectivity index (χ3v) is 9.68. The van der Waals surface area contributed by atoms with Gasteiger partial charge in [-0.15, -0.1) is 0 Å². The van der Waals surface area contributed by atoms with Crippen LogP contribution in [0.1, 0.15) is 40.0 Å². The molecule has 0 amide bonds. The summed E-state index contributed by atoms with van der Waals surface area (Å²) in [7, 11) is -1.73. The lowest BCUT2D eigenvalue weighted by Crippen LogP contribution is -2.46. The first-order valence-electron chi connectivity index (χ1n) is 7.27. The first kappa shape index (κ1) is 15.2. The molecule has 1 saturated carbocycles. The Kier molecular flexibility index (Phi) is 3.76. The Labute approximate surface area is 118 Å². The van der Waals surface area contributed by atoms with Gasteiger partial charge in [-0.05, 0) is 36.5 Å². The van der Waals surface area contributed by atoms with Crippen molar-refractivity contribution in [2.45, 2.75) is 76.0 Å². The van der Waals surface area contributed by atoms with Gasteiger partial charge in [-0.1, -0.05) is 27.4 Å². The van der Waals surface area contributed by atoms with E-state index < -0.39 is 8.32 Å². The van der Waals surface area contributed by atoms with Crippen LogP contribution in [0.25, 0.3) is 0 Å². The standard InChI is InChI=1S/C15H28O3Si/c1-11-7-8-12(9-15(11)13(10-16)17-15)18-19(5,6)14(2,3)4/h12-13,16H,1,7-10H2,2-6H3/t12-,13-,15+/m0/s1. The highest BCUT2D eigenvalue weighted by Crippen LogP contribution is 2.52. The summed E-state index contributed by atoms with van der Waals surface area (Å²) >= 11 is 0. The van der Waals surface area contributed by atoms with Crippen molar-refractivity contribution in [3.8, 4) is 0 Å². The largest absolute Gasteiger partial charge is 0.414 e. The van der Waals surface area contributed by atoms with Gasteiger partial charge in [0.05, 0.1) is 6.61 Å². The van der Waals surface area contributed by atoms with Gasteiger partial charge in [-0.3, -0.25) is 0 Å². The van der Waals surface area contributed by atoms with Crippen molar-refractivity contribution in [2.75, 3.05) is 6.61 Å². The average molecular weight is 284 g/mol. The molecule has 110 valence electrons. The second kappa shape index (κ2) is 4.69. The molecule has 1 aliphatic carbocycles. The molecule has 1 heterocycles. The van der Waals surface area contributed by atoms with E-state index in [1.807, 2.05) is 0 Å². The van der Waals surface area contributed by atoms with Crippen LogP contribution in [0.2, 0.25) is 18.1 Å². The fourth-order valence-corrected chi connectivity index (χ4v) is 4.11. The Bertz CT molecular complexity index is 372. The maximum absolute atomic E-state index is 9.29. The van der Waals surface area contributed by atoms with Crippen LogP contribution in [0.5, 0.6) is 0 Å². The summed E-state index contributed by atoms with van der Waals surface area (Å²) in [6.45, 7) is 15.6. The smallest absolute Gasteiger partial charge is 0.192 e. The molecule has 0 aromatic carbocycles. The lowest BCUT2D eigenvalue weighted by molar-refractivity contribution is 0.114. The molecule has 0 bridgehead atoms. The lowest BCUT2D eigenvalue weighted by Gasteiger charge is -2.41. The quantitative estimate of drug-likeness (QED) is 0.491. The topological polar surface area (TPSA) is 42.0 Å². The second-order valence-corrected chi connectivity index (χ2v) is 12.3. The maximum Gasteiger partial charge on any atom is 0.192 e. The minimum absolute atomic E-state index is 0.0502. The summed E-state index contributed by atoms with van der Waals surface area (Å²) in [6, 6.07) is 0. The van der Waals surface area contributed by atoms with E-state index in [-0.39, 0.29) is 29.5 Å². The second-order valence-electron chi connectivity index (χ2n) is 7.53. The highest BCUT2D eigenvalue weighted by molar-refractivity contribution is 6.74. The van der Waals surface area contributed by atoms with Crippen molar-refractivity contribution in [2.24, 2.45) is 0 Å². The summed E-state index contributed by atoms with van der Waals surface area (Å²) in [5.74, 6) is 0.